The van der Waals surface area contributed by atoms with Crippen LogP contribution >= 0.6 is 11.8 Å². The Morgan fingerprint density at radius 3 is 2.47 bits per heavy atom. The van der Waals surface area contributed by atoms with Crippen molar-refractivity contribution in [2.24, 2.45) is 17.6 Å². The SMILES string of the molecule is CC(C)C(CCN)CCC(=O)N1CCSCC1. The molecule has 0 radical (unpaired) electrons. The molecular weight excluding hydrogens is 232 g/mol. The van der Waals surface area contributed by atoms with Crippen molar-refractivity contribution in [1.29, 1.82) is 0 Å². The number of hydrogen-bond donors (Lipinski definition) is 1. The van der Waals surface area contributed by atoms with Crippen molar-refractivity contribution in [3.63, 3.8) is 0 Å². The van der Waals surface area contributed by atoms with E-state index in [0.717, 1.165) is 44.0 Å². The van der Waals surface area contributed by atoms with Crippen molar-refractivity contribution in [3.8, 4) is 0 Å². The minimum absolute atomic E-state index is 0.341. The number of carbonyl (C=O) groups excluding carboxylic acids is 1. The lowest BCUT2D eigenvalue weighted by Gasteiger charge is -2.27. The standard InChI is InChI=1S/C13H26N2OS/c1-11(2)12(5-6-14)3-4-13(16)15-7-9-17-10-8-15/h11-12H,3-10,14H2,1-2H3. The van der Waals surface area contributed by atoms with Crippen LogP contribution in [0.2, 0.25) is 0 Å². The Kier molecular flexibility index (Phi) is 6.97. The van der Waals surface area contributed by atoms with E-state index in [-0.39, 0.29) is 0 Å². The Balaban J connectivity index is 2.29. The third-order valence-electron chi connectivity index (χ3n) is 3.57. The second-order valence-electron chi connectivity index (χ2n) is 5.11. The average Bonchev–Trinajstić information content (AvgIpc) is 2.34. The van der Waals surface area contributed by atoms with E-state index in [4.69, 9.17) is 5.73 Å². The van der Waals surface area contributed by atoms with Gasteiger partial charge in [-0.2, -0.15) is 11.8 Å². The zero-order valence-corrected chi connectivity index (χ0v) is 12.0. The van der Waals surface area contributed by atoms with Crippen LogP contribution in [0.5, 0.6) is 0 Å². The van der Waals surface area contributed by atoms with E-state index in [1.54, 1.807) is 0 Å². The van der Waals surface area contributed by atoms with E-state index in [1.807, 2.05) is 16.7 Å². The van der Waals surface area contributed by atoms with Crippen LogP contribution in [0.3, 0.4) is 0 Å². The Morgan fingerprint density at radius 1 is 1.29 bits per heavy atom. The number of amides is 1. The first-order chi connectivity index (χ1) is 8.15. The quantitative estimate of drug-likeness (QED) is 0.792. The molecular formula is C13H26N2OS. The van der Waals surface area contributed by atoms with Gasteiger partial charge in [0.1, 0.15) is 0 Å². The fraction of sp³-hybridized carbons (Fsp3) is 0.923. The Labute approximate surface area is 109 Å². The maximum absolute atomic E-state index is 12.0. The number of hydrogen-bond acceptors (Lipinski definition) is 3. The first-order valence-corrected chi connectivity index (χ1v) is 7.86. The molecule has 100 valence electrons. The van der Waals surface area contributed by atoms with Crippen LogP contribution in [0.25, 0.3) is 0 Å². The number of rotatable bonds is 6. The van der Waals surface area contributed by atoms with Crippen LogP contribution in [0, 0.1) is 11.8 Å². The predicted octanol–water partition coefficient (Wildman–Crippen LogP) is 1.96. The summed E-state index contributed by atoms with van der Waals surface area (Å²) in [6, 6.07) is 0. The molecule has 1 amide bonds. The summed E-state index contributed by atoms with van der Waals surface area (Å²) in [7, 11) is 0. The number of nitrogens with two attached hydrogens (primary N) is 1. The molecule has 1 aliphatic rings. The lowest BCUT2D eigenvalue weighted by molar-refractivity contribution is -0.131. The summed E-state index contributed by atoms with van der Waals surface area (Å²) < 4.78 is 0. The number of carbonyl (C=O) groups is 1. The van der Waals surface area contributed by atoms with Crippen LogP contribution in [0.4, 0.5) is 0 Å². The van der Waals surface area contributed by atoms with Gasteiger partial charge in [0.15, 0.2) is 0 Å². The average molecular weight is 258 g/mol. The molecule has 2 N–H and O–H groups in total. The number of thioether (sulfide) groups is 1. The van der Waals surface area contributed by atoms with Crippen molar-refractivity contribution in [2.45, 2.75) is 33.1 Å². The van der Waals surface area contributed by atoms with Gasteiger partial charge >= 0.3 is 0 Å². The van der Waals surface area contributed by atoms with Gasteiger partial charge in [0.25, 0.3) is 0 Å². The van der Waals surface area contributed by atoms with Crippen LogP contribution in [0.1, 0.15) is 33.1 Å². The first kappa shape index (κ1) is 14.8. The second kappa shape index (κ2) is 7.98. The fourth-order valence-corrected chi connectivity index (χ4v) is 3.21. The van der Waals surface area contributed by atoms with Crippen molar-refractivity contribution >= 4 is 17.7 Å². The van der Waals surface area contributed by atoms with Crippen molar-refractivity contribution in [3.05, 3.63) is 0 Å². The van der Waals surface area contributed by atoms with Gasteiger partial charge < -0.3 is 10.6 Å². The zero-order chi connectivity index (χ0) is 12.7. The Morgan fingerprint density at radius 2 is 1.94 bits per heavy atom. The van der Waals surface area contributed by atoms with E-state index in [9.17, 15) is 4.79 Å². The largest absolute Gasteiger partial charge is 0.341 e. The molecule has 0 saturated carbocycles. The molecule has 1 unspecified atom stereocenters. The lowest BCUT2D eigenvalue weighted by Crippen LogP contribution is -2.38. The van der Waals surface area contributed by atoms with Gasteiger partial charge in [-0.15, -0.1) is 0 Å². The monoisotopic (exact) mass is 258 g/mol. The normalized spacial score (nSPS) is 18.5. The molecule has 0 spiro atoms. The van der Waals surface area contributed by atoms with Crippen molar-refractivity contribution < 1.29 is 4.79 Å². The van der Waals surface area contributed by atoms with E-state index >= 15 is 0 Å². The summed E-state index contributed by atoms with van der Waals surface area (Å²) in [5.41, 5.74) is 5.62. The molecule has 17 heavy (non-hydrogen) atoms. The van der Waals surface area contributed by atoms with E-state index in [1.165, 1.54) is 0 Å². The molecule has 1 saturated heterocycles. The lowest BCUT2D eigenvalue weighted by atomic mass is 9.88. The van der Waals surface area contributed by atoms with Gasteiger partial charge in [-0.05, 0) is 31.2 Å². The second-order valence-corrected chi connectivity index (χ2v) is 6.34. The maximum Gasteiger partial charge on any atom is 0.222 e. The van der Waals surface area contributed by atoms with Crippen LogP contribution in [-0.4, -0.2) is 41.9 Å². The molecule has 0 bridgehead atoms. The zero-order valence-electron chi connectivity index (χ0n) is 11.2. The fourth-order valence-electron chi connectivity index (χ4n) is 2.30. The minimum Gasteiger partial charge on any atom is -0.341 e. The highest BCUT2D eigenvalue weighted by Gasteiger charge is 2.19. The molecule has 1 aliphatic heterocycles. The summed E-state index contributed by atoms with van der Waals surface area (Å²) >= 11 is 1.94. The molecule has 0 aliphatic carbocycles. The summed E-state index contributed by atoms with van der Waals surface area (Å²) in [5, 5.41) is 0. The topological polar surface area (TPSA) is 46.3 Å². The summed E-state index contributed by atoms with van der Waals surface area (Å²) in [6.07, 6.45) is 2.74. The van der Waals surface area contributed by atoms with Crippen molar-refractivity contribution in [2.75, 3.05) is 31.1 Å². The van der Waals surface area contributed by atoms with Gasteiger partial charge in [0.2, 0.25) is 5.91 Å². The molecule has 1 heterocycles. The van der Waals surface area contributed by atoms with Gasteiger partial charge in [-0.1, -0.05) is 13.8 Å². The van der Waals surface area contributed by atoms with Gasteiger partial charge in [-0.25, -0.2) is 0 Å². The molecule has 4 heteroatoms. The predicted molar refractivity (Wildman–Crippen MR) is 75.1 cm³/mol. The molecule has 0 aromatic carbocycles. The third kappa shape index (κ3) is 5.30. The summed E-state index contributed by atoms with van der Waals surface area (Å²) in [5.74, 6) is 3.77. The first-order valence-electron chi connectivity index (χ1n) is 6.70. The molecule has 0 aromatic heterocycles. The highest BCUT2D eigenvalue weighted by molar-refractivity contribution is 7.99. The Bertz CT molecular complexity index is 227. The minimum atomic E-state index is 0.341. The van der Waals surface area contributed by atoms with Crippen molar-refractivity contribution in [1.82, 2.24) is 4.90 Å². The summed E-state index contributed by atoms with van der Waals surface area (Å²) in [6.45, 7) is 7.06. The molecule has 1 fully saturated rings. The van der Waals surface area contributed by atoms with Crippen LogP contribution < -0.4 is 5.73 Å². The van der Waals surface area contributed by atoms with E-state index < -0.39 is 0 Å². The Hall–Kier alpha value is -0.220. The molecule has 3 nitrogen and oxygen atoms in total. The molecule has 1 atom stereocenters. The van der Waals surface area contributed by atoms with Crippen LogP contribution in [-0.2, 0) is 4.79 Å². The van der Waals surface area contributed by atoms with E-state index in [0.29, 0.717) is 24.2 Å². The smallest absolute Gasteiger partial charge is 0.222 e. The van der Waals surface area contributed by atoms with Gasteiger partial charge in [-0.3, -0.25) is 4.79 Å². The summed E-state index contributed by atoms with van der Waals surface area (Å²) in [4.78, 5) is 14.0. The number of nitrogens with zero attached hydrogens (tertiary/aromatic N) is 1. The highest BCUT2D eigenvalue weighted by Crippen LogP contribution is 2.21. The van der Waals surface area contributed by atoms with Gasteiger partial charge in [0, 0.05) is 31.0 Å². The van der Waals surface area contributed by atoms with Gasteiger partial charge in [0.05, 0.1) is 0 Å². The molecule has 1 rings (SSSR count). The maximum atomic E-state index is 12.0. The molecule has 0 aromatic rings. The third-order valence-corrected chi connectivity index (χ3v) is 4.52. The highest BCUT2D eigenvalue weighted by atomic mass is 32.2. The van der Waals surface area contributed by atoms with E-state index in [2.05, 4.69) is 13.8 Å². The van der Waals surface area contributed by atoms with Crippen LogP contribution in [0.15, 0.2) is 0 Å².